The van der Waals surface area contributed by atoms with Gasteiger partial charge in [0.25, 0.3) is 0 Å². The van der Waals surface area contributed by atoms with Crippen LogP contribution in [0.2, 0.25) is 0 Å². The minimum atomic E-state index is 0.157. The van der Waals surface area contributed by atoms with Crippen molar-refractivity contribution in [3.8, 4) is 0 Å². The molecule has 1 heterocycles. The van der Waals surface area contributed by atoms with Gasteiger partial charge in [-0.15, -0.1) is 11.8 Å². The Morgan fingerprint density at radius 3 is 3.00 bits per heavy atom. The van der Waals surface area contributed by atoms with E-state index in [1.165, 1.54) is 5.56 Å². The van der Waals surface area contributed by atoms with E-state index in [1.54, 1.807) is 11.8 Å². The number of hydrogen-bond donors (Lipinski definition) is 1. The lowest BCUT2D eigenvalue weighted by Crippen LogP contribution is -2.23. The summed E-state index contributed by atoms with van der Waals surface area (Å²) in [6, 6.07) is 8.03. The van der Waals surface area contributed by atoms with Crippen molar-refractivity contribution in [3.63, 3.8) is 0 Å². The van der Waals surface area contributed by atoms with Crippen molar-refractivity contribution >= 4 is 23.4 Å². The number of thioether (sulfide) groups is 1. The summed E-state index contributed by atoms with van der Waals surface area (Å²) < 4.78 is 0. The number of hydrogen-bond acceptors (Lipinski definition) is 2. The smallest absolute Gasteiger partial charge is 0.237 e. The molecule has 0 aromatic heterocycles. The molecule has 1 saturated heterocycles. The van der Waals surface area contributed by atoms with Crippen LogP contribution in [0.25, 0.3) is 0 Å². The van der Waals surface area contributed by atoms with Gasteiger partial charge in [-0.05, 0) is 36.6 Å². The molecule has 1 aliphatic heterocycles. The molecular formula is C13H17NOS. The van der Waals surface area contributed by atoms with Gasteiger partial charge in [0.2, 0.25) is 5.91 Å². The topological polar surface area (TPSA) is 29.1 Å². The lowest BCUT2D eigenvalue weighted by atomic mass is 10.1. The molecule has 0 bridgehead atoms. The molecule has 0 spiro atoms. The fourth-order valence-corrected chi connectivity index (χ4v) is 3.11. The summed E-state index contributed by atoms with van der Waals surface area (Å²) in [5.41, 5.74) is 2.18. The summed E-state index contributed by atoms with van der Waals surface area (Å²) in [7, 11) is 0. The number of rotatable bonds is 3. The molecule has 1 N–H and O–H groups in total. The maximum atomic E-state index is 12.0. The predicted octanol–water partition coefficient (Wildman–Crippen LogP) is 3.08. The van der Waals surface area contributed by atoms with E-state index in [1.807, 2.05) is 18.2 Å². The highest BCUT2D eigenvalue weighted by Gasteiger charge is 2.23. The first-order chi connectivity index (χ1) is 7.81. The first-order valence-corrected chi connectivity index (χ1v) is 6.86. The van der Waals surface area contributed by atoms with Crippen LogP contribution in [0.4, 0.5) is 5.69 Å². The van der Waals surface area contributed by atoms with Crippen LogP contribution in [0.3, 0.4) is 0 Å². The third-order valence-corrected chi connectivity index (χ3v) is 4.25. The van der Waals surface area contributed by atoms with Crippen molar-refractivity contribution < 1.29 is 4.79 Å². The highest BCUT2D eigenvalue weighted by Crippen LogP contribution is 2.27. The van der Waals surface area contributed by atoms with Crippen LogP contribution in [0.1, 0.15) is 25.3 Å². The lowest BCUT2D eigenvalue weighted by molar-refractivity contribution is -0.115. The summed E-state index contributed by atoms with van der Waals surface area (Å²) in [5, 5.41) is 3.20. The summed E-state index contributed by atoms with van der Waals surface area (Å²) in [6.07, 6.45) is 3.14. The number of benzene rings is 1. The molecule has 1 unspecified atom stereocenters. The van der Waals surface area contributed by atoms with Gasteiger partial charge in [-0.2, -0.15) is 0 Å². The first kappa shape index (κ1) is 11.5. The normalized spacial score (nSPS) is 19.7. The van der Waals surface area contributed by atoms with E-state index >= 15 is 0 Å². The minimum absolute atomic E-state index is 0.157. The zero-order valence-electron chi connectivity index (χ0n) is 9.53. The Morgan fingerprint density at radius 1 is 1.50 bits per heavy atom. The summed E-state index contributed by atoms with van der Waals surface area (Å²) in [5.74, 6) is 1.29. The van der Waals surface area contributed by atoms with Gasteiger partial charge in [-0.1, -0.05) is 25.1 Å². The zero-order valence-corrected chi connectivity index (χ0v) is 10.3. The van der Waals surface area contributed by atoms with E-state index in [0.717, 1.165) is 30.7 Å². The highest BCUT2D eigenvalue weighted by molar-refractivity contribution is 8.00. The van der Waals surface area contributed by atoms with E-state index in [2.05, 4.69) is 18.3 Å². The maximum absolute atomic E-state index is 12.0. The van der Waals surface area contributed by atoms with Gasteiger partial charge in [-0.3, -0.25) is 4.79 Å². The number of anilines is 1. The predicted molar refractivity (Wildman–Crippen MR) is 69.9 cm³/mol. The molecule has 16 heavy (non-hydrogen) atoms. The number of para-hydroxylation sites is 1. The summed E-state index contributed by atoms with van der Waals surface area (Å²) >= 11 is 1.77. The molecule has 0 radical (unpaired) electrons. The fraction of sp³-hybridized carbons (Fsp3) is 0.462. The third-order valence-electron chi connectivity index (χ3n) is 2.88. The standard InChI is InChI=1S/C13H17NOS/c1-2-10-6-3-4-7-11(10)14-13(15)12-8-5-9-16-12/h3-4,6-7,12H,2,5,8-9H2,1H3,(H,14,15). The SMILES string of the molecule is CCc1ccccc1NC(=O)C1CCCS1. The molecule has 1 aromatic rings. The second-order valence-corrected chi connectivity index (χ2v) is 5.31. The van der Waals surface area contributed by atoms with Crippen LogP contribution >= 0.6 is 11.8 Å². The van der Waals surface area contributed by atoms with Crippen LogP contribution in [0.5, 0.6) is 0 Å². The summed E-state index contributed by atoms with van der Waals surface area (Å²) in [4.78, 5) is 12.0. The quantitative estimate of drug-likeness (QED) is 0.872. The van der Waals surface area contributed by atoms with Crippen molar-refractivity contribution in [1.82, 2.24) is 0 Å². The lowest BCUT2D eigenvalue weighted by Gasteiger charge is -2.12. The van der Waals surface area contributed by atoms with Crippen molar-refractivity contribution in [2.75, 3.05) is 11.1 Å². The Balaban J connectivity index is 2.05. The maximum Gasteiger partial charge on any atom is 0.237 e. The number of nitrogens with one attached hydrogen (secondary N) is 1. The van der Waals surface area contributed by atoms with Gasteiger partial charge in [0.1, 0.15) is 0 Å². The molecule has 2 nitrogen and oxygen atoms in total. The Bertz CT molecular complexity index is 372. The van der Waals surface area contributed by atoms with E-state index in [9.17, 15) is 4.79 Å². The van der Waals surface area contributed by atoms with Gasteiger partial charge < -0.3 is 5.32 Å². The van der Waals surface area contributed by atoms with E-state index in [-0.39, 0.29) is 11.2 Å². The summed E-state index contributed by atoms with van der Waals surface area (Å²) in [6.45, 7) is 2.11. The van der Waals surface area contributed by atoms with Crippen LogP contribution in [-0.4, -0.2) is 16.9 Å². The van der Waals surface area contributed by atoms with Crippen LogP contribution in [0, 0.1) is 0 Å². The van der Waals surface area contributed by atoms with E-state index in [0.29, 0.717) is 0 Å². The van der Waals surface area contributed by atoms with E-state index in [4.69, 9.17) is 0 Å². The number of carbonyl (C=O) groups is 1. The van der Waals surface area contributed by atoms with Gasteiger partial charge in [-0.25, -0.2) is 0 Å². The van der Waals surface area contributed by atoms with Crippen molar-refractivity contribution in [1.29, 1.82) is 0 Å². The van der Waals surface area contributed by atoms with Crippen LogP contribution < -0.4 is 5.32 Å². The molecule has 1 atom stereocenters. The molecule has 86 valence electrons. The van der Waals surface area contributed by atoms with Crippen molar-refractivity contribution in [2.45, 2.75) is 31.4 Å². The van der Waals surface area contributed by atoms with Crippen LogP contribution in [-0.2, 0) is 11.2 Å². The Morgan fingerprint density at radius 2 is 2.31 bits per heavy atom. The molecule has 1 aliphatic rings. The Labute approximate surface area is 101 Å². The molecule has 1 aromatic carbocycles. The largest absolute Gasteiger partial charge is 0.325 e. The Hall–Kier alpha value is -0.960. The van der Waals surface area contributed by atoms with Crippen LogP contribution in [0.15, 0.2) is 24.3 Å². The fourth-order valence-electron chi connectivity index (χ4n) is 1.95. The molecule has 1 amide bonds. The second kappa shape index (κ2) is 5.39. The second-order valence-electron chi connectivity index (χ2n) is 4.00. The van der Waals surface area contributed by atoms with Gasteiger partial charge in [0.15, 0.2) is 0 Å². The van der Waals surface area contributed by atoms with Gasteiger partial charge in [0, 0.05) is 5.69 Å². The van der Waals surface area contributed by atoms with Gasteiger partial charge in [0.05, 0.1) is 5.25 Å². The molecule has 1 fully saturated rings. The molecule has 2 rings (SSSR count). The monoisotopic (exact) mass is 235 g/mol. The highest BCUT2D eigenvalue weighted by atomic mass is 32.2. The average Bonchev–Trinajstić information content (AvgIpc) is 2.83. The number of aryl methyl sites for hydroxylation is 1. The van der Waals surface area contributed by atoms with Crippen molar-refractivity contribution in [3.05, 3.63) is 29.8 Å². The molecular weight excluding hydrogens is 218 g/mol. The zero-order chi connectivity index (χ0) is 11.4. The number of carbonyl (C=O) groups excluding carboxylic acids is 1. The molecule has 3 heteroatoms. The van der Waals surface area contributed by atoms with E-state index < -0.39 is 0 Å². The molecule has 0 saturated carbocycles. The average molecular weight is 235 g/mol. The minimum Gasteiger partial charge on any atom is -0.325 e. The molecule has 0 aliphatic carbocycles. The number of amides is 1. The Kier molecular flexibility index (Phi) is 3.88. The van der Waals surface area contributed by atoms with Gasteiger partial charge >= 0.3 is 0 Å². The van der Waals surface area contributed by atoms with Crippen molar-refractivity contribution in [2.24, 2.45) is 0 Å². The first-order valence-electron chi connectivity index (χ1n) is 5.81. The third kappa shape index (κ3) is 2.59.